The molecular weight excluding hydrogens is 323 g/mol. The van der Waals surface area contributed by atoms with E-state index in [0.29, 0.717) is 5.92 Å². The Morgan fingerprint density at radius 3 is 2.08 bits per heavy atom. The summed E-state index contributed by atoms with van der Waals surface area (Å²) in [6.45, 7) is 10.9. The first-order valence-electron chi connectivity index (χ1n) is 9.81. The zero-order valence-electron chi connectivity index (χ0n) is 16.7. The summed E-state index contributed by atoms with van der Waals surface area (Å²) >= 11 is 0. The van der Waals surface area contributed by atoms with E-state index in [1.807, 2.05) is 0 Å². The van der Waals surface area contributed by atoms with Gasteiger partial charge in [0, 0.05) is 5.56 Å². The third-order valence-electron chi connectivity index (χ3n) is 5.07. The van der Waals surface area contributed by atoms with Gasteiger partial charge in [-0.05, 0) is 64.6 Å². The standard InChI is InChI=1S/C24H31FO/c1-6-7-8-9-20-21(16(2)3)14-22(17(4)5)23(15-26)24(20)18-10-12-19(25)13-11-18/h10-17H,6-9H2,1-5H3. The molecule has 0 saturated carbocycles. The van der Waals surface area contributed by atoms with Crippen LogP contribution in [-0.4, -0.2) is 6.29 Å². The molecule has 0 bridgehead atoms. The molecule has 2 aromatic rings. The van der Waals surface area contributed by atoms with E-state index in [4.69, 9.17) is 0 Å². The summed E-state index contributed by atoms with van der Waals surface area (Å²) in [4.78, 5) is 12.1. The van der Waals surface area contributed by atoms with Crippen molar-refractivity contribution in [3.63, 3.8) is 0 Å². The second-order valence-corrected chi connectivity index (χ2v) is 7.71. The highest BCUT2D eigenvalue weighted by atomic mass is 19.1. The second-order valence-electron chi connectivity index (χ2n) is 7.71. The monoisotopic (exact) mass is 354 g/mol. The maximum atomic E-state index is 13.5. The number of carbonyl (C=O) groups excluding carboxylic acids is 1. The highest BCUT2D eigenvalue weighted by Crippen LogP contribution is 2.38. The summed E-state index contributed by atoms with van der Waals surface area (Å²) < 4.78 is 13.5. The van der Waals surface area contributed by atoms with Crippen LogP contribution in [0.15, 0.2) is 30.3 Å². The van der Waals surface area contributed by atoms with Gasteiger partial charge in [0.05, 0.1) is 0 Å². The number of hydrogen-bond donors (Lipinski definition) is 0. The van der Waals surface area contributed by atoms with Crippen LogP contribution in [0.3, 0.4) is 0 Å². The van der Waals surface area contributed by atoms with Crippen molar-refractivity contribution < 1.29 is 9.18 Å². The molecule has 26 heavy (non-hydrogen) atoms. The van der Waals surface area contributed by atoms with Crippen LogP contribution < -0.4 is 0 Å². The molecule has 0 heterocycles. The van der Waals surface area contributed by atoms with E-state index in [2.05, 4.69) is 40.7 Å². The van der Waals surface area contributed by atoms with E-state index in [-0.39, 0.29) is 11.7 Å². The Balaban J connectivity index is 2.79. The summed E-state index contributed by atoms with van der Waals surface area (Å²) in [7, 11) is 0. The highest BCUT2D eigenvalue weighted by molar-refractivity contribution is 5.92. The zero-order chi connectivity index (χ0) is 19.3. The summed E-state index contributed by atoms with van der Waals surface area (Å²) in [5.41, 5.74) is 6.36. The molecule has 0 saturated heterocycles. The van der Waals surface area contributed by atoms with Crippen LogP contribution >= 0.6 is 0 Å². The molecule has 0 spiro atoms. The maximum absolute atomic E-state index is 13.5. The molecule has 0 fully saturated rings. The lowest BCUT2D eigenvalue weighted by molar-refractivity contribution is 0.112. The van der Waals surface area contributed by atoms with Crippen molar-refractivity contribution in [1.82, 2.24) is 0 Å². The number of rotatable bonds is 8. The predicted molar refractivity (Wildman–Crippen MR) is 109 cm³/mol. The Hall–Kier alpha value is -1.96. The van der Waals surface area contributed by atoms with Crippen molar-refractivity contribution in [3.8, 4) is 11.1 Å². The quantitative estimate of drug-likeness (QED) is 0.359. The first-order chi connectivity index (χ1) is 12.4. The first kappa shape index (κ1) is 20.4. The van der Waals surface area contributed by atoms with Gasteiger partial charge < -0.3 is 0 Å². The van der Waals surface area contributed by atoms with Gasteiger partial charge in [0.25, 0.3) is 0 Å². The molecule has 0 aromatic heterocycles. The minimum Gasteiger partial charge on any atom is -0.298 e. The fourth-order valence-electron chi connectivity index (χ4n) is 3.67. The van der Waals surface area contributed by atoms with Crippen LogP contribution in [0, 0.1) is 5.82 Å². The van der Waals surface area contributed by atoms with Crippen molar-refractivity contribution >= 4 is 6.29 Å². The summed E-state index contributed by atoms with van der Waals surface area (Å²) in [6.07, 6.45) is 5.37. The summed E-state index contributed by atoms with van der Waals surface area (Å²) in [5.74, 6) is 0.388. The van der Waals surface area contributed by atoms with Crippen molar-refractivity contribution in [3.05, 3.63) is 58.4 Å². The van der Waals surface area contributed by atoms with Crippen LogP contribution in [0.1, 0.15) is 92.8 Å². The number of benzene rings is 2. The lowest BCUT2D eigenvalue weighted by atomic mass is 9.80. The van der Waals surface area contributed by atoms with E-state index >= 15 is 0 Å². The van der Waals surface area contributed by atoms with E-state index in [1.165, 1.54) is 29.7 Å². The maximum Gasteiger partial charge on any atom is 0.150 e. The Bertz CT molecular complexity index is 742. The van der Waals surface area contributed by atoms with Gasteiger partial charge in [-0.1, -0.05) is 65.7 Å². The van der Waals surface area contributed by atoms with Crippen molar-refractivity contribution in [1.29, 1.82) is 0 Å². The molecule has 0 aliphatic heterocycles. The topological polar surface area (TPSA) is 17.1 Å². The van der Waals surface area contributed by atoms with Crippen LogP contribution in [0.5, 0.6) is 0 Å². The molecule has 0 radical (unpaired) electrons. The van der Waals surface area contributed by atoms with Gasteiger partial charge in [-0.2, -0.15) is 0 Å². The number of aldehydes is 1. The van der Waals surface area contributed by atoms with Gasteiger partial charge in [-0.15, -0.1) is 0 Å². The molecule has 2 rings (SSSR count). The largest absolute Gasteiger partial charge is 0.298 e. The first-order valence-corrected chi connectivity index (χ1v) is 9.81. The van der Waals surface area contributed by atoms with E-state index in [0.717, 1.165) is 47.8 Å². The number of hydrogen-bond acceptors (Lipinski definition) is 1. The van der Waals surface area contributed by atoms with Crippen molar-refractivity contribution in [2.45, 2.75) is 72.1 Å². The minimum absolute atomic E-state index is 0.252. The Labute approximate surface area is 157 Å². The van der Waals surface area contributed by atoms with Crippen LogP contribution in [0.4, 0.5) is 4.39 Å². The van der Waals surface area contributed by atoms with Crippen LogP contribution in [0.25, 0.3) is 11.1 Å². The smallest absolute Gasteiger partial charge is 0.150 e. The van der Waals surface area contributed by atoms with Crippen LogP contribution in [0.2, 0.25) is 0 Å². The summed E-state index contributed by atoms with van der Waals surface area (Å²) in [6, 6.07) is 8.80. The fourth-order valence-corrected chi connectivity index (χ4v) is 3.67. The Kier molecular flexibility index (Phi) is 7.14. The highest BCUT2D eigenvalue weighted by Gasteiger charge is 2.21. The predicted octanol–water partition coefficient (Wildman–Crippen LogP) is 7.28. The van der Waals surface area contributed by atoms with Crippen molar-refractivity contribution in [2.75, 3.05) is 0 Å². The molecule has 0 unspecified atom stereocenters. The minimum atomic E-state index is -0.252. The molecule has 0 atom stereocenters. The van der Waals surface area contributed by atoms with Crippen molar-refractivity contribution in [2.24, 2.45) is 0 Å². The van der Waals surface area contributed by atoms with Gasteiger partial charge in [-0.3, -0.25) is 4.79 Å². The molecule has 0 aliphatic carbocycles. The lowest BCUT2D eigenvalue weighted by Gasteiger charge is -2.24. The molecule has 2 heteroatoms. The number of carbonyl (C=O) groups is 1. The van der Waals surface area contributed by atoms with Crippen LogP contribution in [-0.2, 0) is 6.42 Å². The van der Waals surface area contributed by atoms with E-state index < -0.39 is 0 Å². The second kappa shape index (κ2) is 9.12. The molecular formula is C24H31FO. The van der Waals surface area contributed by atoms with Gasteiger partial charge in [-0.25, -0.2) is 4.39 Å². The van der Waals surface area contributed by atoms with Gasteiger partial charge in [0.1, 0.15) is 5.82 Å². The lowest BCUT2D eigenvalue weighted by Crippen LogP contribution is -2.08. The third-order valence-corrected chi connectivity index (χ3v) is 5.07. The zero-order valence-corrected chi connectivity index (χ0v) is 16.7. The van der Waals surface area contributed by atoms with Gasteiger partial charge >= 0.3 is 0 Å². The SMILES string of the molecule is CCCCCc1c(C(C)C)cc(C(C)C)c(C=O)c1-c1ccc(F)cc1. The third kappa shape index (κ3) is 4.41. The molecule has 2 aromatic carbocycles. The normalized spacial score (nSPS) is 11.4. The van der Waals surface area contributed by atoms with Gasteiger partial charge in [0.15, 0.2) is 6.29 Å². The average Bonchev–Trinajstić information content (AvgIpc) is 2.61. The molecule has 0 amide bonds. The van der Waals surface area contributed by atoms with Gasteiger partial charge in [0.2, 0.25) is 0 Å². The number of halogens is 1. The Morgan fingerprint density at radius 2 is 1.58 bits per heavy atom. The van der Waals surface area contributed by atoms with E-state index in [1.54, 1.807) is 12.1 Å². The summed E-state index contributed by atoms with van der Waals surface area (Å²) in [5, 5.41) is 0. The van der Waals surface area contributed by atoms with E-state index in [9.17, 15) is 9.18 Å². The molecule has 0 N–H and O–H groups in total. The molecule has 1 nitrogen and oxygen atoms in total. The molecule has 0 aliphatic rings. The number of unbranched alkanes of at least 4 members (excludes halogenated alkanes) is 2. The fraction of sp³-hybridized carbons (Fsp3) is 0.458. The molecule has 140 valence electrons. The Morgan fingerprint density at radius 1 is 0.962 bits per heavy atom. The average molecular weight is 355 g/mol.